The molecule has 0 aromatic heterocycles. The van der Waals surface area contributed by atoms with Crippen LogP contribution in [0.1, 0.15) is 73.6 Å². The van der Waals surface area contributed by atoms with E-state index in [1.807, 2.05) is 45.9 Å². The van der Waals surface area contributed by atoms with Gasteiger partial charge in [0.1, 0.15) is 5.60 Å². The number of rotatable bonds is 17. The number of carbonyl (C=O) groups is 1. The van der Waals surface area contributed by atoms with Crippen molar-refractivity contribution in [1.82, 2.24) is 0 Å². The van der Waals surface area contributed by atoms with Gasteiger partial charge in [0.15, 0.2) is 0 Å². The first-order chi connectivity index (χ1) is 17.5. The molecule has 0 saturated carbocycles. The first-order valence-electron chi connectivity index (χ1n) is 13.2. The van der Waals surface area contributed by atoms with Crippen molar-refractivity contribution >= 4 is 5.97 Å². The lowest BCUT2D eigenvalue weighted by atomic mass is 10.0. The summed E-state index contributed by atoms with van der Waals surface area (Å²) in [5.41, 5.74) is 2.06. The molecule has 2 N–H and O–H groups in total. The van der Waals surface area contributed by atoms with Crippen LogP contribution in [0.2, 0.25) is 0 Å². The molecule has 0 aromatic rings. The highest BCUT2D eigenvalue weighted by Crippen LogP contribution is 2.14. The fraction of sp³-hybridized carbons (Fsp3) is 0.531. The zero-order valence-corrected chi connectivity index (χ0v) is 24.1. The molecule has 0 rings (SSSR count). The van der Waals surface area contributed by atoms with Crippen LogP contribution >= 0.6 is 0 Å². The van der Waals surface area contributed by atoms with Gasteiger partial charge in [-0.3, -0.25) is 0 Å². The molecule has 0 unspecified atom stereocenters. The number of hydrogen-bond donors (Lipinski definition) is 2. The van der Waals surface area contributed by atoms with Crippen LogP contribution in [0, 0.1) is 5.92 Å². The largest absolute Gasteiger partial charge is 0.457 e. The lowest BCUT2D eigenvalue weighted by Crippen LogP contribution is -2.24. The van der Waals surface area contributed by atoms with Crippen LogP contribution in [0.25, 0.3) is 0 Å². The second-order valence-electron chi connectivity index (χ2n) is 10.1. The van der Waals surface area contributed by atoms with E-state index in [9.17, 15) is 4.79 Å². The van der Waals surface area contributed by atoms with E-state index >= 15 is 0 Å². The summed E-state index contributed by atoms with van der Waals surface area (Å²) in [5, 5.41) is 18.1. The topological polar surface area (TPSA) is 76.0 Å². The van der Waals surface area contributed by atoms with Gasteiger partial charge >= 0.3 is 5.97 Å². The highest BCUT2D eigenvalue weighted by Gasteiger charge is 2.17. The monoisotopic (exact) mass is 514 g/mol. The third-order valence-corrected chi connectivity index (χ3v) is 5.41. The molecule has 0 fully saturated rings. The predicted octanol–water partition coefficient (Wildman–Crippen LogP) is 6.96. The Balaban J connectivity index is 4.44. The standard InChI is InChI=1S/C32H50O5/c1-26(18-21-29(22-24-33)23-25-34)16-14-12-10-8-9-11-13-15-17-30(36-7)27(2)19-20-28(3)31(35)37-32(4,5)6/h9,11-15,18-22,26,30,33-34H,8,10,16-17,23-25H2,1-7H3/b11-9+,14-12+,15-13-,21-18+,27-19-,28-20+,29-22+/t26-,30+/m0/s1. The number of unbranched alkanes of at least 4 members (excludes halogenated alkanes) is 1. The Morgan fingerprint density at radius 3 is 2.24 bits per heavy atom. The van der Waals surface area contributed by atoms with Crippen LogP contribution in [0.15, 0.2) is 83.6 Å². The van der Waals surface area contributed by atoms with E-state index < -0.39 is 5.60 Å². The van der Waals surface area contributed by atoms with Crippen molar-refractivity contribution in [3.05, 3.63) is 83.6 Å². The van der Waals surface area contributed by atoms with Crippen molar-refractivity contribution < 1.29 is 24.5 Å². The molecular weight excluding hydrogens is 464 g/mol. The van der Waals surface area contributed by atoms with Gasteiger partial charge in [0.2, 0.25) is 0 Å². The maximum atomic E-state index is 12.1. The number of hydrogen-bond acceptors (Lipinski definition) is 5. The molecule has 208 valence electrons. The number of ether oxygens (including phenoxy) is 2. The Hall–Kier alpha value is -2.47. The average molecular weight is 515 g/mol. The molecule has 0 aromatic carbocycles. The van der Waals surface area contributed by atoms with Gasteiger partial charge in [-0.05, 0) is 83.8 Å². The van der Waals surface area contributed by atoms with Crippen molar-refractivity contribution in [3.8, 4) is 0 Å². The summed E-state index contributed by atoms with van der Waals surface area (Å²) >= 11 is 0. The predicted molar refractivity (Wildman–Crippen MR) is 155 cm³/mol. The maximum Gasteiger partial charge on any atom is 0.334 e. The molecule has 0 heterocycles. The highest BCUT2D eigenvalue weighted by molar-refractivity contribution is 5.88. The van der Waals surface area contributed by atoms with Crippen molar-refractivity contribution in [2.45, 2.75) is 85.4 Å². The van der Waals surface area contributed by atoms with Gasteiger partial charge in [0, 0.05) is 19.3 Å². The molecule has 5 nitrogen and oxygen atoms in total. The van der Waals surface area contributed by atoms with E-state index in [0.29, 0.717) is 17.9 Å². The van der Waals surface area contributed by atoms with E-state index in [4.69, 9.17) is 19.7 Å². The molecular formula is C32H50O5. The van der Waals surface area contributed by atoms with Crippen LogP contribution in [0.5, 0.6) is 0 Å². The van der Waals surface area contributed by atoms with Gasteiger partial charge < -0.3 is 19.7 Å². The quantitative estimate of drug-likeness (QED) is 0.0721. The van der Waals surface area contributed by atoms with Gasteiger partial charge in [-0.2, -0.15) is 0 Å². The number of esters is 1. The third kappa shape index (κ3) is 19.3. The zero-order valence-electron chi connectivity index (χ0n) is 24.1. The average Bonchev–Trinajstić information content (AvgIpc) is 2.83. The van der Waals surface area contributed by atoms with Crippen LogP contribution in [0.4, 0.5) is 0 Å². The number of aliphatic hydroxyl groups excluding tert-OH is 2. The molecule has 0 radical (unpaired) electrons. The molecule has 0 aliphatic heterocycles. The number of methoxy groups -OCH3 is 1. The Labute approximate surface area is 225 Å². The van der Waals surface area contributed by atoms with E-state index in [-0.39, 0.29) is 25.3 Å². The van der Waals surface area contributed by atoms with Crippen molar-refractivity contribution in [2.24, 2.45) is 5.92 Å². The van der Waals surface area contributed by atoms with Crippen molar-refractivity contribution in [1.29, 1.82) is 0 Å². The fourth-order valence-electron chi connectivity index (χ4n) is 3.20. The lowest BCUT2D eigenvalue weighted by Gasteiger charge is -2.19. The molecule has 0 aliphatic carbocycles. The molecule has 5 heteroatoms. The molecule has 0 saturated heterocycles. The summed E-state index contributed by atoms with van der Waals surface area (Å²) in [4.78, 5) is 12.1. The van der Waals surface area contributed by atoms with Gasteiger partial charge in [-0.25, -0.2) is 4.79 Å². The SMILES string of the molecule is CO[C@H](C/C=C\C=C\CC/C=C/C[C@H](C)/C=C/C(=C\CO)CCO)/C(C)=C\C=C(/C)C(=O)OC(C)(C)C. The summed E-state index contributed by atoms with van der Waals surface area (Å²) in [6, 6.07) is 0. The number of aliphatic hydroxyl groups is 2. The van der Waals surface area contributed by atoms with E-state index in [1.54, 1.807) is 26.2 Å². The molecule has 0 bridgehead atoms. The minimum absolute atomic E-state index is 0.00495. The summed E-state index contributed by atoms with van der Waals surface area (Å²) in [6.45, 7) is 11.6. The van der Waals surface area contributed by atoms with Gasteiger partial charge in [0.05, 0.1) is 12.7 Å². The normalized spacial score (nSPS) is 16.0. The minimum atomic E-state index is -0.504. The Morgan fingerprint density at radius 2 is 1.62 bits per heavy atom. The van der Waals surface area contributed by atoms with E-state index in [1.165, 1.54) is 0 Å². The van der Waals surface area contributed by atoms with Gasteiger partial charge in [-0.15, -0.1) is 0 Å². The Kier molecular flexibility index (Phi) is 19.2. The van der Waals surface area contributed by atoms with Crippen molar-refractivity contribution in [2.75, 3.05) is 20.3 Å². The lowest BCUT2D eigenvalue weighted by molar-refractivity contribution is -0.149. The summed E-state index contributed by atoms with van der Waals surface area (Å²) in [7, 11) is 1.69. The Morgan fingerprint density at radius 1 is 0.946 bits per heavy atom. The highest BCUT2D eigenvalue weighted by atomic mass is 16.6. The van der Waals surface area contributed by atoms with Crippen LogP contribution < -0.4 is 0 Å². The third-order valence-electron chi connectivity index (χ3n) is 5.41. The maximum absolute atomic E-state index is 12.1. The first-order valence-corrected chi connectivity index (χ1v) is 13.2. The molecule has 0 aliphatic rings. The molecule has 0 spiro atoms. The van der Waals surface area contributed by atoms with Crippen LogP contribution in [-0.2, 0) is 14.3 Å². The molecule has 2 atom stereocenters. The number of allylic oxidation sites excluding steroid dienone is 9. The minimum Gasteiger partial charge on any atom is -0.457 e. The zero-order chi connectivity index (χ0) is 28.1. The first kappa shape index (κ1) is 34.5. The molecule has 37 heavy (non-hydrogen) atoms. The van der Waals surface area contributed by atoms with E-state index in [2.05, 4.69) is 43.4 Å². The Bertz CT molecular complexity index is 847. The van der Waals surface area contributed by atoms with Gasteiger partial charge in [-0.1, -0.05) is 73.8 Å². The summed E-state index contributed by atoms with van der Waals surface area (Å²) in [5.74, 6) is 0.0923. The van der Waals surface area contributed by atoms with Crippen molar-refractivity contribution in [3.63, 3.8) is 0 Å². The van der Waals surface area contributed by atoms with Crippen LogP contribution in [0.3, 0.4) is 0 Å². The fourth-order valence-corrected chi connectivity index (χ4v) is 3.20. The van der Waals surface area contributed by atoms with Gasteiger partial charge in [0.25, 0.3) is 0 Å². The second-order valence-corrected chi connectivity index (χ2v) is 10.1. The van der Waals surface area contributed by atoms with E-state index in [0.717, 1.165) is 36.8 Å². The van der Waals surface area contributed by atoms with Crippen LogP contribution in [-0.4, -0.2) is 48.2 Å². The second kappa shape index (κ2) is 20.6. The summed E-state index contributed by atoms with van der Waals surface area (Å²) < 4.78 is 11.0. The molecule has 0 amide bonds. The summed E-state index contributed by atoms with van der Waals surface area (Å²) in [6.07, 6.45) is 26.5. The smallest absolute Gasteiger partial charge is 0.334 e. The number of carbonyl (C=O) groups excluding carboxylic acids is 1.